The average molecular weight is 278 g/mol. The summed E-state index contributed by atoms with van der Waals surface area (Å²) in [4.78, 5) is 10.9. The van der Waals surface area contributed by atoms with Crippen molar-refractivity contribution < 1.29 is 18.3 Å². The molecule has 1 aliphatic carbocycles. The zero-order valence-electron chi connectivity index (χ0n) is 11.0. The molecule has 0 atom stereocenters. The van der Waals surface area contributed by atoms with Crippen molar-refractivity contribution in [1.82, 2.24) is 9.03 Å². The van der Waals surface area contributed by atoms with Crippen molar-refractivity contribution in [3.8, 4) is 0 Å². The number of carboxylic acid groups (broad SMARTS) is 1. The molecule has 0 spiro atoms. The summed E-state index contributed by atoms with van der Waals surface area (Å²) in [6.45, 7) is 4.30. The van der Waals surface area contributed by atoms with E-state index >= 15 is 0 Å². The Kier molecular flexibility index (Phi) is 5.12. The van der Waals surface area contributed by atoms with Crippen molar-refractivity contribution in [3.63, 3.8) is 0 Å². The van der Waals surface area contributed by atoms with Gasteiger partial charge < -0.3 is 5.11 Å². The molecule has 0 bridgehead atoms. The maximum Gasteiger partial charge on any atom is 0.305 e. The third-order valence-electron chi connectivity index (χ3n) is 3.44. The molecule has 0 saturated heterocycles. The highest BCUT2D eigenvalue weighted by atomic mass is 32.2. The molecule has 2 N–H and O–H groups in total. The SMILES string of the molecule is CCN(CC)S(=O)(=O)NC1(CC(=O)O)CCCC1. The molecular formula is C11H22N2O4S. The number of hydrogen-bond acceptors (Lipinski definition) is 3. The zero-order chi connectivity index (χ0) is 13.8. The first kappa shape index (κ1) is 15.4. The topological polar surface area (TPSA) is 86.7 Å². The Hall–Kier alpha value is -0.660. The lowest BCUT2D eigenvalue weighted by Crippen LogP contribution is -2.53. The van der Waals surface area contributed by atoms with Gasteiger partial charge in [-0.25, -0.2) is 0 Å². The van der Waals surface area contributed by atoms with Crippen molar-refractivity contribution >= 4 is 16.2 Å². The van der Waals surface area contributed by atoms with Crippen molar-refractivity contribution in [2.24, 2.45) is 0 Å². The fourth-order valence-corrected chi connectivity index (χ4v) is 4.19. The van der Waals surface area contributed by atoms with Crippen LogP contribution >= 0.6 is 0 Å². The van der Waals surface area contributed by atoms with Crippen LogP contribution in [0.25, 0.3) is 0 Å². The number of aliphatic carboxylic acids is 1. The molecule has 7 heteroatoms. The predicted molar refractivity (Wildman–Crippen MR) is 68.4 cm³/mol. The highest BCUT2D eigenvalue weighted by Gasteiger charge is 2.40. The van der Waals surface area contributed by atoms with E-state index in [1.807, 2.05) is 0 Å². The molecule has 0 aromatic heterocycles. The quantitative estimate of drug-likeness (QED) is 0.726. The minimum absolute atomic E-state index is 0.145. The van der Waals surface area contributed by atoms with Gasteiger partial charge in [0.1, 0.15) is 0 Å². The number of nitrogens with one attached hydrogen (secondary N) is 1. The predicted octanol–water partition coefficient (Wildman–Crippen LogP) is 0.950. The Balaban J connectivity index is 2.87. The summed E-state index contributed by atoms with van der Waals surface area (Å²) >= 11 is 0. The lowest BCUT2D eigenvalue weighted by atomic mass is 9.95. The van der Waals surface area contributed by atoms with E-state index in [2.05, 4.69) is 4.72 Å². The lowest BCUT2D eigenvalue weighted by molar-refractivity contribution is -0.138. The van der Waals surface area contributed by atoms with E-state index in [0.29, 0.717) is 25.9 Å². The number of carbonyl (C=O) groups is 1. The van der Waals surface area contributed by atoms with E-state index in [1.165, 1.54) is 4.31 Å². The Morgan fingerprint density at radius 2 is 1.78 bits per heavy atom. The summed E-state index contributed by atoms with van der Waals surface area (Å²) in [7, 11) is -3.59. The molecular weight excluding hydrogens is 256 g/mol. The number of carboxylic acids is 1. The highest BCUT2D eigenvalue weighted by Crippen LogP contribution is 2.33. The van der Waals surface area contributed by atoms with Gasteiger partial charge in [-0.15, -0.1) is 0 Å². The molecule has 1 rings (SSSR count). The van der Waals surface area contributed by atoms with E-state index < -0.39 is 21.7 Å². The van der Waals surface area contributed by atoms with Crippen LogP contribution in [0, 0.1) is 0 Å². The van der Waals surface area contributed by atoms with Crippen molar-refractivity contribution in [1.29, 1.82) is 0 Å². The molecule has 0 amide bonds. The van der Waals surface area contributed by atoms with Gasteiger partial charge in [-0.3, -0.25) is 4.79 Å². The Bertz CT molecular complexity index is 384. The summed E-state index contributed by atoms with van der Waals surface area (Å²) in [6, 6.07) is 0. The van der Waals surface area contributed by atoms with Crippen LogP contribution in [0.3, 0.4) is 0 Å². The van der Waals surface area contributed by atoms with Crippen LogP contribution in [-0.4, -0.2) is 42.4 Å². The lowest BCUT2D eigenvalue weighted by Gasteiger charge is -2.31. The van der Waals surface area contributed by atoms with Crippen molar-refractivity contribution in [2.45, 2.75) is 51.5 Å². The first-order chi connectivity index (χ1) is 8.35. The Labute approximate surface area is 109 Å². The number of rotatable bonds is 7. The van der Waals surface area contributed by atoms with Gasteiger partial charge >= 0.3 is 5.97 Å². The molecule has 0 radical (unpaired) electrons. The van der Waals surface area contributed by atoms with Crippen molar-refractivity contribution in [3.05, 3.63) is 0 Å². The van der Waals surface area contributed by atoms with Gasteiger partial charge in [0.05, 0.1) is 6.42 Å². The van der Waals surface area contributed by atoms with Crippen molar-refractivity contribution in [2.75, 3.05) is 13.1 Å². The first-order valence-corrected chi connectivity index (χ1v) is 7.80. The second-order valence-electron chi connectivity index (χ2n) is 4.75. The average Bonchev–Trinajstić information content (AvgIpc) is 2.65. The minimum atomic E-state index is -3.59. The summed E-state index contributed by atoms with van der Waals surface area (Å²) < 4.78 is 28.2. The zero-order valence-corrected chi connectivity index (χ0v) is 11.8. The van der Waals surface area contributed by atoms with Gasteiger partial charge in [-0.05, 0) is 12.8 Å². The smallest absolute Gasteiger partial charge is 0.305 e. The number of nitrogens with zero attached hydrogens (tertiary/aromatic N) is 1. The molecule has 0 aromatic rings. The maximum atomic E-state index is 12.2. The summed E-state index contributed by atoms with van der Waals surface area (Å²) in [5, 5.41) is 8.94. The molecule has 0 aromatic carbocycles. The van der Waals surface area contributed by atoms with E-state index in [1.54, 1.807) is 13.8 Å². The van der Waals surface area contributed by atoms with Gasteiger partial charge in [0.2, 0.25) is 0 Å². The molecule has 1 fully saturated rings. The second kappa shape index (κ2) is 5.99. The molecule has 1 saturated carbocycles. The molecule has 0 aliphatic heterocycles. The van der Waals surface area contributed by atoms with Crippen LogP contribution in [0.4, 0.5) is 0 Å². The van der Waals surface area contributed by atoms with Crippen LogP contribution in [0.1, 0.15) is 46.0 Å². The van der Waals surface area contributed by atoms with Crippen LogP contribution in [0.15, 0.2) is 0 Å². The maximum absolute atomic E-state index is 12.2. The van der Waals surface area contributed by atoms with Crippen LogP contribution in [0.5, 0.6) is 0 Å². The molecule has 1 aliphatic rings. The highest BCUT2D eigenvalue weighted by molar-refractivity contribution is 7.87. The Morgan fingerprint density at radius 1 is 1.28 bits per heavy atom. The van der Waals surface area contributed by atoms with Crippen LogP contribution in [0.2, 0.25) is 0 Å². The van der Waals surface area contributed by atoms with Gasteiger partial charge in [0.25, 0.3) is 10.2 Å². The Morgan fingerprint density at radius 3 is 2.17 bits per heavy atom. The summed E-state index contributed by atoms with van der Waals surface area (Å²) in [5.74, 6) is -0.959. The van der Waals surface area contributed by atoms with Crippen LogP contribution < -0.4 is 4.72 Å². The van der Waals surface area contributed by atoms with Gasteiger partial charge in [-0.2, -0.15) is 17.4 Å². The van der Waals surface area contributed by atoms with Gasteiger partial charge in [-0.1, -0.05) is 26.7 Å². The van der Waals surface area contributed by atoms with E-state index in [-0.39, 0.29) is 6.42 Å². The molecule has 0 heterocycles. The third kappa shape index (κ3) is 3.66. The third-order valence-corrected chi connectivity index (χ3v) is 5.33. The minimum Gasteiger partial charge on any atom is -0.481 e. The molecule has 6 nitrogen and oxygen atoms in total. The molecule has 0 unspecified atom stereocenters. The van der Waals surface area contributed by atoms with E-state index in [4.69, 9.17) is 5.11 Å². The normalized spacial score (nSPS) is 19.3. The standard InChI is InChI=1S/C11H22N2O4S/c1-3-13(4-2)18(16,17)12-11(9-10(14)15)7-5-6-8-11/h12H,3-9H2,1-2H3,(H,14,15). The van der Waals surface area contributed by atoms with E-state index in [9.17, 15) is 13.2 Å². The van der Waals surface area contributed by atoms with Gasteiger partial charge in [0, 0.05) is 18.6 Å². The fraction of sp³-hybridized carbons (Fsp3) is 0.909. The van der Waals surface area contributed by atoms with E-state index in [0.717, 1.165) is 12.8 Å². The summed E-state index contributed by atoms with van der Waals surface area (Å²) in [5.41, 5.74) is -0.798. The molecule has 106 valence electrons. The first-order valence-electron chi connectivity index (χ1n) is 6.36. The largest absolute Gasteiger partial charge is 0.481 e. The monoisotopic (exact) mass is 278 g/mol. The van der Waals surface area contributed by atoms with Gasteiger partial charge in [0.15, 0.2) is 0 Å². The van der Waals surface area contributed by atoms with Crippen LogP contribution in [-0.2, 0) is 15.0 Å². The number of hydrogen-bond donors (Lipinski definition) is 2. The summed E-state index contributed by atoms with van der Waals surface area (Å²) in [6.07, 6.45) is 2.79. The fourth-order valence-electron chi connectivity index (χ4n) is 2.56. The molecule has 18 heavy (non-hydrogen) atoms. The second-order valence-corrected chi connectivity index (χ2v) is 6.42.